The van der Waals surface area contributed by atoms with Gasteiger partial charge >= 0.3 is 0 Å². The zero-order chi connectivity index (χ0) is 12.4. The Labute approximate surface area is 99.8 Å². The van der Waals surface area contributed by atoms with E-state index in [9.17, 15) is 9.59 Å². The predicted octanol–water partition coefficient (Wildman–Crippen LogP) is 3.92. The molecular weight excluding hydrogens is 200 g/mol. The summed E-state index contributed by atoms with van der Waals surface area (Å²) in [5.41, 5.74) is 0. The molecule has 2 nitrogen and oxygen atoms in total. The molecule has 0 rings (SSSR count). The summed E-state index contributed by atoms with van der Waals surface area (Å²) in [4.78, 5) is 22.2. The van der Waals surface area contributed by atoms with Crippen LogP contribution in [0.4, 0.5) is 0 Å². The summed E-state index contributed by atoms with van der Waals surface area (Å²) in [7, 11) is 0. The van der Waals surface area contributed by atoms with Crippen LogP contribution in [0, 0.1) is 5.92 Å². The van der Waals surface area contributed by atoms with Gasteiger partial charge in [-0.3, -0.25) is 4.79 Å². The van der Waals surface area contributed by atoms with E-state index in [4.69, 9.17) is 0 Å². The van der Waals surface area contributed by atoms with E-state index < -0.39 is 0 Å². The van der Waals surface area contributed by atoms with Crippen LogP contribution < -0.4 is 0 Å². The topological polar surface area (TPSA) is 34.1 Å². The number of hydrogen-bond donors (Lipinski definition) is 0. The number of rotatable bonds is 10. The lowest BCUT2D eigenvalue weighted by Crippen LogP contribution is -2.06. The van der Waals surface area contributed by atoms with E-state index in [1.54, 1.807) is 6.92 Å². The van der Waals surface area contributed by atoms with Crippen molar-refractivity contribution in [1.82, 2.24) is 0 Å². The number of carbonyl (C=O) groups excluding carboxylic acids is 2. The van der Waals surface area contributed by atoms with Crippen LogP contribution in [0.15, 0.2) is 0 Å². The van der Waals surface area contributed by atoms with Crippen LogP contribution in [0.1, 0.15) is 72.1 Å². The summed E-state index contributed by atoms with van der Waals surface area (Å²) in [6.45, 7) is 5.75. The Morgan fingerprint density at radius 3 is 2.25 bits per heavy atom. The maximum absolute atomic E-state index is 11.1. The molecule has 0 aliphatic heterocycles. The number of Topliss-reactive ketones (excluding diaryl/α,β-unsaturated/α-hetero) is 2. The SMILES string of the molecule is CCCC(CCCCC(=O)CC)CC(C)=O. The summed E-state index contributed by atoms with van der Waals surface area (Å²) < 4.78 is 0. The van der Waals surface area contributed by atoms with Crippen molar-refractivity contribution in [3.63, 3.8) is 0 Å². The molecule has 16 heavy (non-hydrogen) atoms. The van der Waals surface area contributed by atoms with Crippen LogP contribution in [0.2, 0.25) is 0 Å². The van der Waals surface area contributed by atoms with Crippen LogP contribution in [0.5, 0.6) is 0 Å². The van der Waals surface area contributed by atoms with Gasteiger partial charge in [0.2, 0.25) is 0 Å². The normalized spacial score (nSPS) is 12.4. The molecule has 0 radical (unpaired) electrons. The average Bonchev–Trinajstić information content (AvgIpc) is 2.23. The molecule has 0 saturated carbocycles. The van der Waals surface area contributed by atoms with Crippen molar-refractivity contribution in [3.05, 3.63) is 0 Å². The van der Waals surface area contributed by atoms with Crippen LogP contribution in [0.3, 0.4) is 0 Å². The van der Waals surface area contributed by atoms with Crippen LogP contribution in [-0.4, -0.2) is 11.6 Å². The maximum Gasteiger partial charge on any atom is 0.132 e. The molecule has 0 aromatic carbocycles. The molecule has 1 atom stereocenters. The zero-order valence-corrected chi connectivity index (χ0v) is 11.1. The smallest absolute Gasteiger partial charge is 0.132 e. The molecule has 0 saturated heterocycles. The molecule has 0 N–H and O–H groups in total. The van der Waals surface area contributed by atoms with Gasteiger partial charge in [-0.05, 0) is 19.3 Å². The lowest BCUT2D eigenvalue weighted by Gasteiger charge is -2.13. The number of ketones is 2. The Kier molecular flexibility index (Phi) is 9.16. The number of hydrogen-bond acceptors (Lipinski definition) is 2. The largest absolute Gasteiger partial charge is 0.300 e. The molecule has 0 bridgehead atoms. The minimum atomic E-state index is 0.295. The summed E-state index contributed by atoms with van der Waals surface area (Å²) in [6, 6.07) is 0. The van der Waals surface area contributed by atoms with E-state index in [1.165, 1.54) is 0 Å². The fourth-order valence-corrected chi connectivity index (χ4v) is 2.10. The molecule has 0 aromatic rings. The minimum Gasteiger partial charge on any atom is -0.300 e. The van der Waals surface area contributed by atoms with E-state index in [1.807, 2.05) is 6.92 Å². The molecule has 0 aliphatic carbocycles. The highest BCUT2D eigenvalue weighted by atomic mass is 16.1. The van der Waals surface area contributed by atoms with Crippen molar-refractivity contribution >= 4 is 11.6 Å². The van der Waals surface area contributed by atoms with Gasteiger partial charge in [0.1, 0.15) is 11.6 Å². The van der Waals surface area contributed by atoms with Crippen LogP contribution in [-0.2, 0) is 9.59 Å². The summed E-state index contributed by atoms with van der Waals surface area (Å²) in [5, 5.41) is 0. The molecule has 2 heteroatoms. The second-order valence-electron chi connectivity index (χ2n) is 4.70. The van der Waals surface area contributed by atoms with E-state index in [0.717, 1.165) is 44.9 Å². The van der Waals surface area contributed by atoms with Crippen molar-refractivity contribution in [1.29, 1.82) is 0 Å². The standard InChI is InChI=1S/C14H26O2/c1-4-8-13(11-12(3)15)9-6-7-10-14(16)5-2/h13H,4-11H2,1-3H3. The first-order valence-electron chi connectivity index (χ1n) is 6.61. The molecule has 0 aromatic heterocycles. The summed E-state index contributed by atoms with van der Waals surface area (Å²) >= 11 is 0. The van der Waals surface area contributed by atoms with Crippen molar-refractivity contribution in [2.45, 2.75) is 72.1 Å². The Hall–Kier alpha value is -0.660. The summed E-state index contributed by atoms with van der Waals surface area (Å²) in [6.07, 6.45) is 7.56. The fraction of sp³-hybridized carbons (Fsp3) is 0.857. The van der Waals surface area contributed by atoms with E-state index in [-0.39, 0.29) is 0 Å². The lowest BCUT2D eigenvalue weighted by atomic mass is 9.91. The monoisotopic (exact) mass is 226 g/mol. The second kappa shape index (κ2) is 9.56. The maximum atomic E-state index is 11.1. The second-order valence-corrected chi connectivity index (χ2v) is 4.70. The first kappa shape index (κ1) is 15.3. The quantitative estimate of drug-likeness (QED) is 0.529. The van der Waals surface area contributed by atoms with Gasteiger partial charge in [-0.2, -0.15) is 0 Å². The van der Waals surface area contributed by atoms with E-state index in [0.29, 0.717) is 23.9 Å². The van der Waals surface area contributed by atoms with E-state index >= 15 is 0 Å². The predicted molar refractivity (Wildman–Crippen MR) is 67.5 cm³/mol. The van der Waals surface area contributed by atoms with Gasteiger partial charge in [0, 0.05) is 19.3 Å². The fourth-order valence-electron chi connectivity index (χ4n) is 2.10. The number of unbranched alkanes of at least 4 members (excludes halogenated alkanes) is 1. The third-order valence-corrected chi connectivity index (χ3v) is 2.99. The van der Waals surface area contributed by atoms with Crippen molar-refractivity contribution in [2.75, 3.05) is 0 Å². The van der Waals surface area contributed by atoms with Gasteiger partial charge < -0.3 is 4.79 Å². The lowest BCUT2D eigenvalue weighted by molar-refractivity contribution is -0.119. The van der Waals surface area contributed by atoms with Gasteiger partial charge in [-0.25, -0.2) is 0 Å². The Morgan fingerprint density at radius 2 is 1.75 bits per heavy atom. The number of carbonyl (C=O) groups is 2. The Morgan fingerprint density at radius 1 is 1.06 bits per heavy atom. The highest BCUT2D eigenvalue weighted by Gasteiger charge is 2.10. The van der Waals surface area contributed by atoms with E-state index in [2.05, 4.69) is 6.92 Å². The molecule has 0 aliphatic rings. The minimum absolute atomic E-state index is 0.295. The van der Waals surface area contributed by atoms with Crippen molar-refractivity contribution < 1.29 is 9.59 Å². The van der Waals surface area contributed by atoms with Gasteiger partial charge in [-0.1, -0.05) is 39.5 Å². The van der Waals surface area contributed by atoms with Gasteiger partial charge in [0.15, 0.2) is 0 Å². The first-order valence-corrected chi connectivity index (χ1v) is 6.61. The third-order valence-electron chi connectivity index (χ3n) is 2.99. The van der Waals surface area contributed by atoms with Crippen molar-refractivity contribution in [3.8, 4) is 0 Å². The highest BCUT2D eigenvalue weighted by Crippen LogP contribution is 2.19. The van der Waals surface area contributed by atoms with Crippen molar-refractivity contribution in [2.24, 2.45) is 5.92 Å². The molecule has 0 heterocycles. The zero-order valence-electron chi connectivity index (χ0n) is 11.1. The molecule has 1 unspecified atom stereocenters. The third kappa shape index (κ3) is 8.63. The average molecular weight is 226 g/mol. The highest BCUT2D eigenvalue weighted by molar-refractivity contribution is 5.77. The van der Waals surface area contributed by atoms with Gasteiger partial charge in [-0.15, -0.1) is 0 Å². The molecule has 94 valence electrons. The molecule has 0 fully saturated rings. The Bertz CT molecular complexity index is 209. The van der Waals surface area contributed by atoms with Gasteiger partial charge in [0.05, 0.1) is 0 Å². The Balaban J connectivity index is 3.67. The molecular formula is C14H26O2. The van der Waals surface area contributed by atoms with Gasteiger partial charge in [0.25, 0.3) is 0 Å². The summed E-state index contributed by atoms with van der Waals surface area (Å²) in [5.74, 6) is 1.20. The first-order chi connectivity index (χ1) is 7.60. The molecule has 0 spiro atoms. The molecule has 0 amide bonds. The van der Waals surface area contributed by atoms with Crippen LogP contribution >= 0.6 is 0 Å². The van der Waals surface area contributed by atoms with Crippen LogP contribution in [0.25, 0.3) is 0 Å².